The molecule has 8 aromatic carbocycles. The van der Waals surface area contributed by atoms with Gasteiger partial charge in [0.25, 0.3) is 0 Å². The predicted molar refractivity (Wildman–Crippen MR) is 240 cm³/mol. The first-order valence-electron chi connectivity index (χ1n) is 20.2. The van der Waals surface area contributed by atoms with Gasteiger partial charge in [-0.25, -0.2) is 15.0 Å². The first kappa shape index (κ1) is 34.1. The minimum atomic E-state index is -0.628. The zero-order valence-corrected chi connectivity index (χ0v) is 32.3. The second kappa shape index (κ2) is 13.5. The van der Waals surface area contributed by atoms with Crippen LogP contribution in [0.2, 0.25) is 0 Å². The molecule has 280 valence electrons. The molecule has 0 N–H and O–H groups in total. The highest BCUT2D eigenvalue weighted by atomic mass is 16.5. The summed E-state index contributed by atoms with van der Waals surface area (Å²) in [6, 6.07) is 68.3. The third kappa shape index (κ3) is 5.26. The fraction of sp³-hybridized carbons (Fsp3) is 0.0182. The monoisotopic (exact) mass is 766 g/mol. The molecule has 1 spiro atoms. The smallest absolute Gasteiger partial charge is 0.164 e. The van der Waals surface area contributed by atoms with Gasteiger partial charge in [-0.15, -0.1) is 0 Å². The largest absolute Gasteiger partial charge is 0.457 e. The number of ether oxygens (including phenoxy) is 1. The van der Waals surface area contributed by atoms with Crippen molar-refractivity contribution in [2.45, 2.75) is 5.41 Å². The predicted octanol–water partition coefficient (Wildman–Crippen LogP) is 13.2. The Morgan fingerprint density at radius 1 is 0.350 bits per heavy atom. The number of benzene rings is 8. The molecule has 0 unspecified atom stereocenters. The van der Waals surface area contributed by atoms with Crippen LogP contribution in [-0.2, 0) is 5.41 Å². The molecule has 0 saturated carbocycles. The summed E-state index contributed by atoms with van der Waals surface area (Å²) in [6.07, 6.45) is 3.84. The number of hydrogen-bond donors (Lipinski definition) is 0. The Hall–Kier alpha value is -8.02. The van der Waals surface area contributed by atoms with Crippen LogP contribution >= 0.6 is 0 Å². The summed E-state index contributed by atoms with van der Waals surface area (Å²) in [5.74, 6) is 3.65. The first-order chi connectivity index (χ1) is 29.7. The molecule has 0 fully saturated rings. The van der Waals surface area contributed by atoms with Gasteiger partial charge in [-0.1, -0.05) is 164 Å². The average molecular weight is 767 g/mol. The second-order valence-corrected chi connectivity index (χ2v) is 15.4. The van der Waals surface area contributed by atoms with E-state index in [9.17, 15) is 0 Å². The third-order valence-corrected chi connectivity index (χ3v) is 12.1. The van der Waals surface area contributed by atoms with E-state index in [-0.39, 0.29) is 0 Å². The van der Waals surface area contributed by atoms with Crippen LogP contribution in [0.25, 0.3) is 78.3 Å². The maximum atomic E-state index is 6.69. The zero-order valence-electron chi connectivity index (χ0n) is 32.3. The molecular weight excluding hydrogens is 733 g/mol. The molecule has 5 heteroatoms. The number of para-hydroxylation sites is 2. The molecule has 1 aliphatic heterocycles. The quantitative estimate of drug-likeness (QED) is 0.175. The molecule has 0 bridgehead atoms. The van der Waals surface area contributed by atoms with Gasteiger partial charge >= 0.3 is 0 Å². The Morgan fingerprint density at radius 2 is 0.850 bits per heavy atom. The Kier molecular flexibility index (Phi) is 7.69. The van der Waals surface area contributed by atoms with Gasteiger partial charge in [-0.2, -0.15) is 0 Å². The van der Waals surface area contributed by atoms with E-state index in [1.54, 1.807) is 0 Å². The van der Waals surface area contributed by atoms with E-state index in [2.05, 4.69) is 138 Å². The minimum Gasteiger partial charge on any atom is -0.457 e. The summed E-state index contributed by atoms with van der Waals surface area (Å²) >= 11 is 0. The molecule has 2 aliphatic rings. The van der Waals surface area contributed by atoms with Crippen molar-refractivity contribution < 1.29 is 4.74 Å². The van der Waals surface area contributed by atoms with Crippen molar-refractivity contribution in [3.8, 4) is 79.0 Å². The Bertz CT molecular complexity index is 3180. The molecule has 2 aromatic heterocycles. The lowest BCUT2D eigenvalue weighted by Gasteiger charge is -2.39. The molecule has 0 saturated heterocycles. The van der Waals surface area contributed by atoms with Crippen LogP contribution in [0.3, 0.4) is 0 Å². The standard InChI is InChI=1S/C55H34N4O/c1-3-12-37(13-4-1)52-57-53(38-14-5-2-6-15-38)59-54(58-52)39-24-22-35(23-25-39)40-26-28-43-44-29-27-41(42-17-11-16-36-30-31-56-34-45(36)42)33-49(44)55(48(43)32-40)46-18-7-9-20-50(46)60-51-21-10-8-19-47(51)55/h1-34H. The Morgan fingerprint density at radius 3 is 1.47 bits per heavy atom. The van der Waals surface area contributed by atoms with Gasteiger partial charge in [0, 0.05) is 45.6 Å². The highest BCUT2D eigenvalue weighted by Gasteiger charge is 2.51. The molecular formula is C55H34N4O. The van der Waals surface area contributed by atoms with Gasteiger partial charge in [0.1, 0.15) is 11.5 Å². The van der Waals surface area contributed by atoms with E-state index in [0.717, 1.165) is 67.0 Å². The van der Waals surface area contributed by atoms with Crippen LogP contribution in [0.4, 0.5) is 0 Å². The topological polar surface area (TPSA) is 60.8 Å². The summed E-state index contributed by atoms with van der Waals surface area (Å²) in [4.78, 5) is 19.4. The van der Waals surface area contributed by atoms with Crippen LogP contribution in [-0.4, -0.2) is 19.9 Å². The molecule has 10 aromatic rings. The van der Waals surface area contributed by atoms with Gasteiger partial charge < -0.3 is 4.74 Å². The fourth-order valence-electron chi connectivity index (χ4n) is 9.36. The summed E-state index contributed by atoms with van der Waals surface area (Å²) in [6.45, 7) is 0. The number of hydrogen-bond acceptors (Lipinski definition) is 5. The van der Waals surface area contributed by atoms with Crippen molar-refractivity contribution in [3.63, 3.8) is 0 Å². The Labute approximate surface area is 347 Å². The van der Waals surface area contributed by atoms with Crippen molar-refractivity contribution in [2.24, 2.45) is 0 Å². The van der Waals surface area contributed by atoms with Crippen LogP contribution < -0.4 is 4.74 Å². The molecule has 0 atom stereocenters. The SMILES string of the molecule is c1ccc(-c2nc(-c3ccccc3)nc(-c3ccc(-c4ccc5c(c4)C4(c6ccccc6Oc6ccccc64)c4cc(-c6cccc7ccncc67)ccc4-5)cc3)n2)cc1. The number of rotatable bonds is 5. The molecule has 0 amide bonds. The zero-order chi connectivity index (χ0) is 39.6. The molecule has 5 nitrogen and oxygen atoms in total. The van der Waals surface area contributed by atoms with Crippen LogP contribution in [0.5, 0.6) is 11.5 Å². The van der Waals surface area contributed by atoms with Crippen molar-refractivity contribution >= 4 is 10.8 Å². The molecule has 3 heterocycles. The maximum absolute atomic E-state index is 6.69. The van der Waals surface area contributed by atoms with Crippen molar-refractivity contribution in [2.75, 3.05) is 0 Å². The summed E-state index contributed by atoms with van der Waals surface area (Å²) < 4.78 is 6.69. The molecule has 0 radical (unpaired) electrons. The third-order valence-electron chi connectivity index (χ3n) is 12.1. The normalized spacial score (nSPS) is 12.9. The van der Waals surface area contributed by atoms with Crippen LogP contribution in [0.15, 0.2) is 207 Å². The van der Waals surface area contributed by atoms with Gasteiger partial charge in [-0.05, 0) is 80.2 Å². The fourth-order valence-corrected chi connectivity index (χ4v) is 9.36. The summed E-state index contributed by atoms with van der Waals surface area (Å²) in [7, 11) is 0. The lowest BCUT2D eigenvalue weighted by molar-refractivity contribution is 0.436. The molecule has 60 heavy (non-hydrogen) atoms. The van der Waals surface area contributed by atoms with Crippen LogP contribution in [0, 0.1) is 0 Å². The molecule has 12 rings (SSSR count). The van der Waals surface area contributed by atoms with E-state index in [4.69, 9.17) is 19.7 Å². The number of fused-ring (bicyclic) bond motifs is 10. The highest BCUT2D eigenvalue weighted by molar-refractivity contribution is 5.98. The van der Waals surface area contributed by atoms with Crippen LogP contribution in [0.1, 0.15) is 22.3 Å². The number of aromatic nitrogens is 4. The van der Waals surface area contributed by atoms with E-state index < -0.39 is 5.41 Å². The van der Waals surface area contributed by atoms with Crippen molar-refractivity contribution in [1.29, 1.82) is 0 Å². The molecule has 1 aliphatic carbocycles. The van der Waals surface area contributed by atoms with Gasteiger partial charge in [0.2, 0.25) is 0 Å². The van der Waals surface area contributed by atoms with Gasteiger partial charge in [0.15, 0.2) is 17.5 Å². The van der Waals surface area contributed by atoms with E-state index in [1.807, 2.05) is 73.1 Å². The lowest BCUT2D eigenvalue weighted by atomic mass is 9.65. The summed E-state index contributed by atoms with van der Waals surface area (Å²) in [5, 5.41) is 2.30. The van der Waals surface area contributed by atoms with E-state index >= 15 is 0 Å². The van der Waals surface area contributed by atoms with Gasteiger partial charge in [-0.3, -0.25) is 4.98 Å². The van der Waals surface area contributed by atoms with E-state index in [1.165, 1.54) is 27.6 Å². The number of nitrogens with zero attached hydrogens (tertiary/aromatic N) is 4. The Balaban J connectivity index is 1.02. The van der Waals surface area contributed by atoms with E-state index in [0.29, 0.717) is 17.5 Å². The maximum Gasteiger partial charge on any atom is 0.164 e. The number of pyridine rings is 1. The van der Waals surface area contributed by atoms with Gasteiger partial charge in [0.05, 0.1) is 5.41 Å². The second-order valence-electron chi connectivity index (χ2n) is 15.4. The lowest BCUT2D eigenvalue weighted by Crippen LogP contribution is -2.32. The first-order valence-corrected chi connectivity index (χ1v) is 20.2. The average Bonchev–Trinajstić information content (AvgIpc) is 3.61. The van der Waals surface area contributed by atoms with Crippen molar-refractivity contribution in [1.82, 2.24) is 19.9 Å². The van der Waals surface area contributed by atoms with Crippen molar-refractivity contribution in [3.05, 3.63) is 229 Å². The highest BCUT2D eigenvalue weighted by Crippen LogP contribution is 2.63. The summed E-state index contributed by atoms with van der Waals surface area (Å²) in [5.41, 5.74) is 13.9. The minimum absolute atomic E-state index is 0.628.